The summed E-state index contributed by atoms with van der Waals surface area (Å²) in [6.45, 7) is 4.34. The fourth-order valence-corrected chi connectivity index (χ4v) is 3.25. The first-order chi connectivity index (χ1) is 9.79. The summed E-state index contributed by atoms with van der Waals surface area (Å²) in [4.78, 5) is 10.2. The second-order valence-corrected chi connectivity index (χ2v) is 6.57. The van der Waals surface area contributed by atoms with Crippen molar-refractivity contribution in [1.82, 2.24) is 15.3 Å². The molecule has 3 rings (SSSR count). The molecule has 1 fully saturated rings. The largest absolute Gasteiger partial charge is 0.316 e. The zero-order chi connectivity index (χ0) is 13.8. The van der Waals surface area contributed by atoms with Gasteiger partial charge in [0.1, 0.15) is 5.82 Å². The molecule has 0 aliphatic carbocycles. The Labute approximate surface area is 123 Å². The van der Waals surface area contributed by atoms with Crippen LogP contribution < -0.4 is 10.6 Å². The van der Waals surface area contributed by atoms with Crippen LogP contribution in [0, 0.1) is 12.8 Å². The van der Waals surface area contributed by atoms with Gasteiger partial charge in [-0.2, -0.15) is 0 Å². The Morgan fingerprint density at radius 1 is 1.45 bits per heavy atom. The molecule has 1 aliphatic heterocycles. The van der Waals surface area contributed by atoms with E-state index >= 15 is 0 Å². The molecule has 20 heavy (non-hydrogen) atoms. The number of aromatic nitrogens is 2. The van der Waals surface area contributed by atoms with Gasteiger partial charge in [0.05, 0.1) is 0 Å². The van der Waals surface area contributed by atoms with E-state index < -0.39 is 0 Å². The Hall–Kier alpha value is -1.46. The van der Waals surface area contributed by atoms with Gasteiger partial charge in [0.25, 0.3) is 0 Å². The molecule has 2 N–H and O–H groups in total. The lowest BCUT2D eigenvalue weighted by molar-refractivity contribution is 0.373. The third-order valence-corrected chi connectivity index (χ3v) is 4.39. The number of rotatable bonds is 4. The number of thiazole rings is 1. The molecule has 1 saturated heterocycles. The number of pyridine rings is 1. The smallest absolute Gasteiger partial charge is 0.188 e. The summed E-state index contributed by atoms with van der Waals surface area (Å²) < 4.78 is 0. The average Bonchev–Trinajstić information content (AvgIpc) is 2.86. The summed E-state index contributed by atoms with van der Waals surface area (Å²) in [6, 6.07) is 6.19. The summed E-state index contributed by atoms with van der Waals surface area (Å²) in [5.74, 6) is 1.61. The van der Waals surface area contributed by atoms with Crippen LogP contribution >= 0.6 is 11.3 Å². The van der Waals surface area contributed by atoms with Crippen molar-refractivity contribution in [2.75, 3.05) is 18.4 Å². The molecule has 1 aliphatic rings. The first-order valence-corrected chi connectivity index (χ1v) is 7.97. The molecule has 3 heterocycles. The van der Waals surface area contributed by atoms with E-state index in [0.717, 1.165) is 36.2 Å². The highest BCUT2D eigenvalue weighted by Gasteiger charge is 2.14. The van der Waals surface area contributed by atoms with Gasteiger partial charge in [-0.05, 0) is 57.3 Å². The van der Waals surface area contributed by atoms with Gasteiger partial charge in [-0.3, -0.25) is 0 Å². The van der Waals surface area contributed by atoms with Crippen LogP contribution in [0.3, 0.4) is 0 Å². The third-order valence-electron chi connectivity index (χ3n) is 3.56. The maximum Gasteiger partial charge on any atom is 0.188 e. The van der Waals surface area contributed by atoms with E-state index in [1.807, 2.05) is 12.3 Å². The Morgan fingerprint density at radius 3 is 3.15 bits per heavy atom. The third kappa shape index (κ3) is 3.55. The molecule has 0 amide bonds. The van der Waals surface area contributed by atoms with Crippen LogP contribution in [0.5, 0.6) is 0 Å². The average molecular weight is 288 g/mol. The van der Waals surface area contributed by atoms with Crippen molar-refractivity contribution in [3.63, 3.8) is 0 Å². The van der Waals surface area contributed by atoms with Gasteiger partial charge >= 0.3 is 0 Å². The fourth-order valence-electron chi connectivity index (χ4n) is 2.58. The number of aryl methyl sites for hydroxylation is 1. The van der Waals surface area contributed by atoms with E-state index in [1.54, 1.807) is 11.3 Å². The van der Waals surface area contributed by atoms with Gasteiger partial charge in [0.2, 0.25) is 0 Å². The molecule has 0 radical (unpaired) electrons. The molecule has 1 atom stereocenters. The minimum Gasteiger partial charge on any atom is -0.316 e. The number of anilines is 2. The number of piperidine rings is 1. The normalized spacial score (nSPS) is 18.9. The van der Waals surface area contributed by atoms with Crippen LogP contribution in [-0.4, -0.2) is 23.1 Å². The molecular weight excluding hydrogens is 268 g/mol. The van der Waals surface area contributed by atoms with Gasteiger partial charge in [-0.25, -0.2) is 9.97 Å². The van der Waals surface area contributed by atoms with Crippen LogP contribution in [0.1, 0.15) is 23.4 Å². The Kier molecular flexibility index (Phi) is 4.28. The standard InChI is InChI=1S/C15H20N4S/c1-11-9-17-15(20-11)19-14-6-2-5-13(18-14)8-12-4-3-7-16-10-12/h2,5-6,9,12,16H,3-4,7-8,10H2,1H3,(H,17,18,19)/t12-/m1/s1. The molecule has 2 aromatic heterocycles. The lowest BCUT2D eigenvalue weighted by Crippen LogP contribution is -2.31. The van der Waals surface area contributed by atoms with Crippen molar-refractivity contribution >= 4 is 22.3 Å². The predicted molar refractivity (Wildman–Crippen MR) is 83.7 cm³/mol. The van der Waals surface area contributed by atoms with E-state index in [9.17, 15) is 0 Å². The fraction of sp³-hybridized carbons (Fsp3) is 0.467. The summed E-state index contributed by atoms with van der Waals surface area (Å²) in [5.41, 5.74) is 1.16. The first-order valence-electron chi connectivity index (χ1n) is 7.16. The number of nitrogens with zero attached hydrogens (tertiary/aromatic N) is 2. The second-order valence-electron chi connectivity index (χ2n) is 5.33. The minimum absolute atomic E-state index is 0.716. The molecule has 0 saturated carbocycles. The van der Waals surface area contributed by atoms with Crippen LogP contribution in [0.4, 0.5) is 10.9 Å². The summed E-state index contributed by atoms with van der Waals surface area (Å²) >= 11 is 1.65. The Morgan fingerprint density at radius 2 is 2.40 bits per heavy atom. The molecule has 0 bridgehead atoms. The topological polar surface area (TPSA) is 49.8 Å². The summed E-state index contributed by atoms with van der Waals surface area (Å²) in [6.07, 6.45) is 5.52. The van der Waals surface area contributed by atoms with Crippen molar-refractivity contribution in [3.8, 4) is 0 Å². The van der Waals surface area contributed by atoms with Crippen LogP contribution in [0.25, 0.3) is 0 Å². The maximum atomic E-state index is 4.70. The lowest BCUT2D eigenvalue weighted by Gasteiger charge is -2.22. The molecule has 106 valence electrons. The van der Waals surface area contributed by atoms with Crippen molar-refractivity contribution in [3.05, 3.63) is 35.0 Å². The van der Waals surface area contributed by atoms with Crippen LogP contribution in [0.2, 0.25) is 0 Å². The molecular formula is C15H20N4S. The van der Waals surface area contributed by atoms with E-state index in [4.69, 9.17) is 4.98 Å². The van der Waals surface area contributed by atoms with Crippen molar-refractivity contribution in [2.24, 2.45) is 5.92 Å². The lowest BCUT2D eigenvalue weighted by atomic mass is 9.94. The number of hydrogen-bond acceptors (Lipinski definition) is 5. The molecule has 0 unspecified atom stereocenters. The predicted octanol–water partition coefficient (Wildman–Crippen LogP) is 3.13. The zero-order valence-electron chi connectivity index (χ0n) is 11.7. The SMILES string of the molecule is Cc1cnc(Nc2cccc(C[C@H]3CCCNC3)n2)s1. The van der Waals surface area contributed by atoms with E-state index in [0.29, 0.717) is 5.92 Å². The molecule has 0 aromatic carbocycles. The van der Waals surface area contributed by atoms with Crippen LogP contribution in [0.15, 0.2) is 24.4 Å². The Balaban J connectivity index is 1.65. The minimum atomic E-state index is 0.716. The van der Waals surface area contributed by atoms with Gasteiger partial charge in [0, 0.05) is 16.8 Å². The van der Waals surface area contributed by atoms with E-state index in [2.05, 4.69) is 34.7 Å². The number of hydrogen-bond donors (Lipinski definition) is 2. The molecule has 0 spiro atoms. The zero-order valence-corrected chi connectivity index (χ0v) is 12.5. The monoisotopic (exact) mass is 288 g/mol. The maximum absolute atomic E-state index is 4.70. The summed E-state index contributed by atoms with van der Waals surface area (Å²) in [7, 11) is 0. The Bertz CT molecular complexity index is 561. The highest BCUT2D eigenvalue weighted by Crippen LogP contribution is 2.21. The molecule has 2 aromatic rings. The summed E-state index contributed by atoms with van der Waals surface area (Å²) in [5, 5.41) is 7.65. The van der Waals surface area contributed by atoms with Crippen molar-refractivity contribution in [1.29, 1.82) is 0 Å². The second kappa shape index (κ2) is 6.33. The van der Waals surface area contributed by atoms with Gasteiger partial charge in [-0.1, -0.05) is 6.07 Å². The van der Waals surface area contributed by atoms with Gasteiger partial charge in [-0.15, -0.1) is 11.3 Å². The first kappa shape index (κ1) is 13.5. The van der Waals surface area contributed by atoms with E-state index in [-0.39, 0.29) is 0 Å². The van der Waals surface area contributed by atoms with Crippen molar-refractivity contribution < 1.29 is 0 Å². The van der Waals surface area contributed by atoms with Gasteiger partial charge < -0.3 is 10.6 Å². The van der Waals surface area contributed by atoms with Crippen molar-refractivity contribution in [2.45, 2.75) is 26.2 Å². The highest BCUT2D eigenvalue weighted by atomic mass is 32.1. The van der Waals surface area contributed by atoms with E-state index in [1.165, 1.54) is 17.7 Å². The quantitative estimate of drug-likeness (QED) is 0.907. The number of nitrogens with one attached hydrogen (secondary N) is 2. The van der Waals surface area contributed by atoms with Crippen LogP contribution in [-0.2, 0) is 6.42 Å². The highest BCUT2D eigenvalue weighted by molar-refractivity contribution is 7.15. The molecule has 4 nitrogen and oxygen atoms in total. The molecule has 5 heteroatoms. The van der Waals surface area contributed by atoms with Gasteiger partial charge in [0.15, 0.2) is 5.13 Å².